The summed E-state index contributed by atoms with van der Waals surface area (Å²) >= 11 is 0. The molecule has 5 heteroatoms. The van der Waals surface area contributed by atoms with Gasteiger partial charge in [-0.2, -0.15) is 0 Å². The third-order valence-corrected chi connectivity index (χ3v) is 4.82. The maximum Gasteiger partial charge on any atom is 0.257 e. The van der Waals surface area contributed by atoms with E-state index in [1.54, 1.807) is 24.5 Å². The fraction of sp³-hybridized carbons (Fsp3) is 0.182. The predicted molar refractivity (Wildman–Crippen MR) is 110 cm³/mol. The number of hydrogen-bond acceptors (Lipinski definition) is 4. The average Bonchev–Trinajstić information content (AvgIpc) is 2.76. The minimum atomic E-state index is -0.146. The molecule has 1 fully saturated rings. The van der Waals surface area contributed by atoms with Gasteiger partial charge in [-0.3, -0.25) is 9.78 Å². The summed E-state index contributed by atoms with van der Waals surface area (Å²) in [4.78, 5) is 21.0. The van der Waals surface area contributed by atoms with E-state index >= 15 is 0 Å². The monoisotopic (exact) mass is 358 g/mol. The number of hydrogen-bond donors (Lipinski definition) is 1. The van der Waals surface area contributed by atoms with Gasteiger partial charge in [0, 0.05) is 55.6 Å². The number of aromatic nitrogens is 1. The topological polar surface area (TPSA) is 48.5 Å². The maximum atomic E-state index is 12.2. The van der Waals surface area contributed by atoms with E-state index in [1.807, 2.05) is 18.2 Å². The molecule has 0 bridgehead atoms. The highest BCUT2D eigenvalue weighted by Gasteiger charge is 2.17. The number of amides is 1. The molecule has 1 aliphatic heterocycles. The Morgan fingerprint density at radius 1 is 0.778 bits per heavy atom. The first kappa shape index (κ1) is 17.1. The van der Waals surface area contributed by atoms with Gasteiger partial charge in [-0.25, -0.2) is 0 Å². The number of para-hydroxylation sites is 1. The van der Waals surface area contributed by atoms with Gasteiger partial charge in [0.15, 0.2) is 0 Å². The fourth-order valence-corrected chi connectivity index (χ4v) is 3.32. The first-order valence-corrected chi connectivity index (χ1v) is 9.16. The Morgan fingerprint density at radius 3 is 2.00 bits per heavy atom. The van der Waals surface area contributed by atoms with Crippen molar-refractivity contribution in [1.29, 1.82) is 0 Å². The predicted octanol–water partition coefficient (Wildman–Crippen LogP) is 3.66. The van der Waals surface area contributed by atoms with Crippen LogP contribution in [0.15, 0.2) is 79.1 Å². The van der Waals surface area contributed by atoms with Crippen LogP contribution in [0.1, 0.15) is 10.4 Å². The molecule has 0 aliphatic carbocycles. The number of nitrogens with one attached hydrogen (secondary N) is 1. The van der Waals surface area contributed by atoms with Gasteiger partial charge in [0.05, 0.1) is 5.56 Å². The molecule has 1 saturated heterocycles. The first-order valence-electron chi connectivity index (χ1n) is 9.16. The summed E-state index contributed by atoms with van der Waals surface area (Å²) in [6.07, 6.45) is 3.22. The van der Waals surface area contributed by atoms with Crippen molar-refractivity contribution < 1.29 is 4.79 Å². The molecule has 1 aliphatic rings. The number of carbonyl (C=O) groups is 1. The summed E-state index contributed by atoms with van der Waals surface area (Å²) in [5.74, 6) is -0.146. The van der Waals surface area contributed by atoms with E-state index in [-0.39, 0.29) is 5.91 Å². The molecule has 2 heterocycles. The molecule has 27 heavy (non-hydrogen) atoms. The molecule has 3 aromatic rings. The van der Waals surface area contributed by atoms with E-state index in [4.69, 9.17) is 0 Å². The van der Waals surface area contributed by atoms with E-state index in [2.05, 4.69) is 56.5 Å². The molecule has 0 spiro atoms. The van der Waals surface area contributed by atoms with Gasteiger partial charge in [-0.1, -0.05) is 18.2 Å². The van der Waals surface area contributed by atoms with Crippen LogP contribution in [0.25, 0.3) is 0 Å². The number of anilines is 3. The third-order valence-electron chi connectivity index (χ3n) is 4.82. The van der Waals surface area contributed by atoms with Crippen molar-refractivity contribution in [2.75, 3.05) is 41.3 Å². The molecule has 0 atom stereocenters. The molecular weight excluding hydrogens is 336 g/mol. The van der Waals surface area contributed by atoms with Crippen LogP contribution in [0.3, 0.4) is 0 Å². The minimum absolute atomic E-state index is 0.146. The lowest BCUT2D eigenvalue weighted by atomic mass is 10.2. The van der Waals surface area contributed by atoms with Gasteiger partial charge in [-0.05, 0) is 48.5 Å². The quantitative estimate of drug-likeness (QED) is 0.773. The van der Waals surface area contributed by atoms with Gasteiger partial charge in [-0.15, -0.1) is 0 Å². The van der Waals surface area contributed by atoms with Crippen molar-refractivity contribution >= 4 is 23.0 Å². The summed E-state index contributed by atoms with van der Waals surface area (Å²) in [6, 6.07) is 22.1. The van der Waals surface area contributed by atoms with Crippen molar-refractivity contribution in [2.45, 2.75) is 0 Å². The normalized spacial score (nSPS) is 14.1. The second-order valence-corrected chi connectivity index (χ2v) is 6.55. The van der Waals surface area contributed by atoms with E-state index in [1.165, 1.54) is 11.4 Å². The van der Waals surface area contributed by atoms with Crippen LogP contribution >= 0.6 is 0 Å². The second kappa shape index (κ2) is 7.91. The second-order valence-electron chi connectivity index (χ2n) is 6.55. The SMILES string of the molecule is O=C(Nc1ccc(N2CCN(c3ccccc3)CC2)cc1)c1cccnc1. The van der Waals surface area contributed by atoms with E-state index in [9.17, 15) is 4.79 Å². The lowest BCUT2D eigenvalue weighted by Crippen LogP contribution is -2.46. The van der Waals surface area contributed by atoms with Gasteiger partial charge in [0.1, 0.15) is 0 Å². The summed E-state index contributed by atoms with van der Waals surface area (Å²) in [7, 11) is 0. The number of piperazine rings is 1. The van der Waals surface area contributed by atoms with Crippen LogP contribution in [0, 0.1) is 0 Å². The summed E-state index contributed by atoms with van der Waals surface area (Å²) in [6.45, 7) is 3.97. The van der Waals surface area contributed by atoms with Crippen LogP contribution in [0.5, 0.6) is 0 Å². The van der Waals surface area contributed by atoms with E-state index in [0.717, 1.165) is 31.9 Å². The summed E-state index contributed by atoms with van der Waals surface area (Å²) in [5.41, 5.74) is 3.81. The molecule has 1 aromatic heterocycles. The number of nitrogens with zero attached hydrogens (tertiary/aromatic N) is 3. The third kappa shape index (κ3) is 4.08. The molecule has 4 rings (SSSR count). The number of rotatable bonds is 4. The Morgan fingerprint density at radius 2 is 1.41 bits per heavy atom. The highest BCUT2D eigenvalue weighted by molar-refractivity contribution is 6.04. The largest absolute Gasteiger partial charge is 0.368 e. The van der Waals surface area contributed by atoms with E-state index < -0.39 is 0 Å². The van der Waals surface area contributed by atoms with Gasteiger partial charge >= 0.3 is 0 Å². The molecular formula is C22H22N4O. The van der Waals surface area contributed by atoms with Crippen molar-refractivity contribution in [2.24, 2.45) is 0 Å². The highest BCUT2D eigenvalue weighted by atomic mass is 16.1. The zero-order chi connectivity index (χ0) is 18.5. The van der Waals surface area contributed by atoms with Crippen molar-refractivity contribution in [3.05, 3.63) is 84.7 Å². The fourth-order valence-electron chi connectivity index (χ4n) is 3.32. The van der Waals surface area contributed by atoms with Crippen LogP contribution in [-0.4, -0.2) is 37.1 Å². The van der Waals surface area contributed by atoms with Crippen LogP contribution in [0.2, 0.25) is 0 Å². The minimum Gasteiger partial charge on any atom is -0.368 e. The van der Waals surface area contributed by atoms with Gasteiger partial charge < -0.3 is 15.1 Å². The Bertz CT molecular complexity index is 873. The Balaban J connectivity index is 1.35. The lowest BCUT2D eigenvalue weighted by Gasteiger charge is -2.37. The molecule has 136 valence electrons. The van der Waals surface area contributed by atoms with E-state index in [0.29, 0.717) is 5.56 Å². The Labute approximate surface area is 159 Å². The zero-order valence-corrected chi connectivity index (χ0v) is 15.1. The number of pyridine rings is 1. The average molecular weight is 358 g/mol. The van der Waals surface area contributed by atoms with Gasteiger partial charge in [0.2, 0.25) is 0 Å². The van der Waals surface area contributed by atoms with Crippen molar-refractivity contribution in [1.82, 2.24) is 4.98 Å². The summed E-state index contributed by atoms with van der Waals surface area (Å²) < 4.78 is 0. The van der Waals surface area contributed by atoms with Crippen LogP contribution in [-0.2, 0) is 0 Å². The summed E-state index contributed by atoms with van der Waals surface area (Å²) in [5, 5.41) is 2.91. The smallest absolute Gasteiger partial charge is 0.257 e. The number of benzene rings is 2. The van der Waals surface area contributed by atoms with Crippen molar-refractivity contribution in [3.63, 3.8) is 0 Å². The standard InChI is InChI=1S/C22H22N4O/c27-22(18-5-4-12-23-17-18)24-19-8-10-21(11-9-19)26-15-13-25(14-16-26)20-6-2-1-3-7-20/h1-12,17H,13-16H2,(H,24,27). The molecule has 0 unspecified atom stereocenters. The molecule has 0 radical (unpaired) electrons. The van der Waals surface area contributed by atoms with Crippen LogP contribution < -0.4 is 15.1 Å². The molecule has 5 nitrogen and oxygen atoms in total. The zero-order valence-electron chi connectivity index (χ0n) is 15.1. The van der Waals surface area contributed by atoms with Crippen LogP contribution in [0.4, 0.5) is 17.1 Å². The first-order chi connectivity index (χ1) is 13.3. The lowest BCUT2D eigenvalue weighted by molar-refractivity contribution is 0.102. The molecule has 1 amide bonds. The van der Waals surface area contributed by atoms with Gasteiger partial charge in [0.25, 0.3) is 5.91 Å². The Hall–Kier alpha value is -3.34. The molecule has 1 N–H and O–H groups in total. The number of carbonyl (C=O) groups excluding carboxylic acids is 1. The maximum absolute atomic E-state index is 12.2. The molecule has 2 aromatic carbocycles. The molecule has 0 saturated carbocycles. The highest BCUT2D eigenvalue weighted by Crippen LogP contribution is 2.22. The Kier molecular flexibility index (Phi) is 5.01. The van der Waals surface area contributed by atoms with Crippen molar-refractivity contribution in [3.8, 4) is 0 Å².